The Hall–Kier alpha value is -1.16. The summed E-state index contributed by atoms with van der Waals surface area (Å²) in [6.07, 6.45) is 1.77. The van der Waals surface area contributed by atoms with Crippen LogP contribution in [0, 0.1) is 17.0 Å². The average Bonchev–Trinajstić information content (AvgIpc) is 2.39. The number of non-ortho nitro benzene ring substituents is 1. The van der Waals surface area contributed by atoms with E-state index in [2.05, 4.69) is 4.72 Å². The third-order valence-corrected chi connectivity index (χ3v) is 5.92. The number of thioether (sulfide) groups is 1. The second kappa shape index (κ2) is 7.21. The molecular formula is C12H18N2O5S2. The van der Waals surface area contributed by atoms with E-state index in [0.717, 1.165) is 6.07 Å². The number of aliphatic hydroxyl groups excluding tert-OH is 1. The molecule has 0 aliphatic rings. The Kier molecular flexibility index (Phi) is 6.14. The summed E-state index contributed by atoms with van der Waals surface area (Å²) >= 11 is 1.34. The summed E-state index contributed by atoms with van der Waals surface area (Å²) in [5.41, 5.74) is 0.141. The van der Waals surface area contributed by atoms with Gasteiger partial charge in [0, 0.05) is 23.4 Å². The number of hydrogen-bond acceptors (Lipinski definition) is 6. The van der Waals surface area contributed by atoms with Crippen LogP contribution in [0.1, 0.15) is 12.5 Å². The first-order valence-corrected chi connectivity index (χ1v) is 8.91. The molecule has 0 saturated carbocycles. The van der Waals surface area contributed by atoms with Gasteiger partial charge < -0.3 is 5.11 Å². The summed E-state index contributed by atoms with van der Waals surface area (Å²) in [5, 5.41) is 19.7. The van der Waals surface area contributed by atoms with Crippen molar-refractivity contribution in [3.8, 4) is 0 Å². The van der Waals surface area contributed by atoms with E-state index in [4.69, 9.17) is 0 Å². The maximum Gasteiger partial charge on any atom is 0.270 e. The molecule has 0 heterocycles. The molecule has 0 saturated heterocycles. The van der Waals surface area contributed by atoms with Gasteiger partial charge in [-0.3, -0.25) is 10.1 Å². The summed E-state index contributed by atoms with van der Waals surface area (Å²) in [6.45, 7) is 3.04. The monoisotopic (exact) mass is 334 g/mol. The Morgan fingerprint density at radius 3 is 2.57 bits per heavy atom. The maximum atomic E-state index is 12.3. The Bertz CT molecular complexity index is 614. The van der Waals surface area contributed by atoms with E-state index in [0.29, 0.717) is 5.56 Å². The molecule has 2 N–H and O–H groups in total. The van der Waals surface area contributed by atoms with E-state index in [9.17, 15) is 23.6 Å². The van der Waals surface area contributed by atoms with Crippen LogP contribution in [0.15, 0.2) is 23.1 Å². The zero-order valence-electron chi connectivity index (χ0n) is 11.9. The largest absolute Gasteiger partial charge is 0.395 e. The van der Waals surface area contributed by atoms with E-state index in [1.54, 1.807) is 20.1 Å². The molecule has 21 heavy (non-hydrogen) atoms. The second-order valence-corrected chi connectivity index (χ2v) is 7.33. The zero-order valence-corrected chi connectivity index (χ0v) is 13.6. The number of nitrogens with one attached hydrogen (secondary N) is 1. The third kappa shape index (κ3) is 4.40. The highest BCUT2D eigenvalue weighted by Crippen LogP contribution is 2.22. The number of aryl methyl sites for hydroxylation is 1. The smallest absolute Gasteiger partial charge is 0.270 e. The number of sulfonamides is 1. The Balaban J connectivity index is 3.13. The van der Waals surface area contributed by atoms with Crippen molar-refractivity contribution in [2.45, 2.75) is 30.0 Å². The summed E-state index contributed by atoms with van der Waals surface area (Å²) in [7, 11) is -3.89. The normalized spacial score (nSPS) is 14.7. The molecular weight excluding hydrogens is 316 g/mol. The van der Waals surface area contributed by atoms with E-state index in [1.807, 2.05) is 0 Å². The predicted octanol–water partition coefficient (Wildman–Crippen LogP) is 1.29. The number of hydrogen-bond donors (Lipinski definition) is 2. The number of aliphatic hydroxyl groups is 1. The Labute approximate surface area is 128 Å². The van der Waals surface area contributed by atoms with Crippen LogP contribution in [-0.2, 0) is 10.0 Å². The zero-order chi connectivity index (χ0) is 16.2. The number of rotatable bonds is 7. The van der Waals surface area contributed by atoms with Gasteiger partial charge in [0.05, 0.1) is 16.4 Å². The van der Waals surface area contributed by atoms with Crippen LogP contribution >= 0.6 is 11.8 Å². The molecule has 2 unspecified atom stereocenters. The van der Waals surface area contributed by atoms with Crippen LogP contribution in [0.5, 0.6) is 0 Å². The van der Waals surface area contributed by atoms with Gasteiger partial charge in [0.2, 0.25) is 10.0 Å². The lowest BCUT2D eigenvalue weighted by molar-refractivity contribution is -0.385. The lowest BCUT2D eigenvalue weighted by Gasteiger charge is -2.21. The molecule has 0 spiro atoms. The standard InChI is InChI=1S/C12H18N2O5S2/c1-8-4-5-10(14(16)17)6-12(8)21(18,19)13-9(2)11(7-15)20-3/h4-6,9,11,13,15H,7H2,1-3H3. The van der Waals surface area contributed by atoms with Gasteiger partial charge >= 0.3 is 0 Å². The van der Waals surface area contributed by atoms with E-state index < -0.39 is 21.0 Å². The van der Waals surface area contributed by atoms with Crippen molar-refractivity contribution < 1.29 is 18.4 Å². The molecule has 2 atom stereocenters. The summed E-state index contributed by atoms with van der Waals surface area (Å²) in [5.74, 6) is 0. The third-order valence-electron chi connectivity index (χ3n) is 3.05. The molecule has 0 amide bonds. The summed E-state index contributed by atoms with van der Waals surface area (Å²) < 4.78 is 27.2. The fourth-order valence-corrected chi connectivity index (χ4v) is 4.07. The van der Waals surface area contributed by atoms with Gasteiger partial charge in [-0.15, -0.1) is 0 Å². The van der Waals surface area contributed by atoms with Gasteiger partial charge in [-0.05, 0) is 25.7 Å². The van der Waals surface area contributed by atoms with Crippen molar-refractivity contribution in [3.63, 3.8) is 0 Å². The van der Waals surface area contributed by atoms with E-state index in [-0.39, 0.29) is 22.4 Å². The quantitative estimate of drug-likeness (QED) is 0.574. The van der Waals surface area contributed by atoms with E-state index >= 15 is 0 Å². The highest BCUT2D eigenvalue weighted by atomic mass is 32.2. The van der Waals surface area contributed by atoms with Crippen LogP contribution in [0.4, 0.5) is 5.69 Å². The van der Waals surface area contributed by atoms with Crippen molar-refractivity contribution in [1.82, 2.24) is 4.72 Å². The molecule has 1 aromatic rings. The minimum atomic E-state index is -3.89. The minimum absolute atomic E-state index is 0.124. The van der Waals surface area contributed by atoms with Crippen molar-refractivity contribution in [1.29, 1.82) is 0 Å². The molecule has 0 aromatic heterocycles. The second-order valence-electron chi connectivity index (χ2n) is 4.57. The average molecular weight is 334 g/mol. The fourth-order valence-electron chi connectivity index (χ4n) is 1.81. The fraction of sp³-hybridized carbons (Fsp3) is 0.500. The topological polar surface area (TPSA) is 110 Å². The Morgan fingerprint density at radius 2 is 2.10 bits per heavy atom. The number of nitrogens with zero attached hydrogens (tertiary/aromatic N) is 1. The molecule has 0 fully saturated rings. The number of benzene rings is 1. The lowest BCUT2D eigenvalue weighted by Crippen LogP contribution is -2.41. The van der Waals surface area contributed by atoms with Crippen LogP contribution in [0.3, 0.4) is 0 Å². The minimum Gasteiger partial charge on any atom is -0.395 e. The van der Waals surface area contributed by atoms with Gasteiger partial charge in [0.1, 0.15) is 0 Å². The SMILES string of the molecule is CSC(CO)C(C)NS(=O)(=O)c1cc([N+](=O)[O-])ccc1C. The first-order chi connectivity index (χ1) is 9.72. The number of nitro groups is 1. The summed E-state index contributed by atoms with van der Waals surface area (Å²) in [6, 6.07) is 3.19. The predicted molar refractivity (Wildman–Crippen MR) is 82.0 cm³/mol. The van der Waals surface area contributed by atoms with Gasteiger partial charge in [0.15, 0.2) is 0 Å². The van der Waals surface area contributed by atoms with Gasteiger partial charge in [-0.25, -0.2) is 13.1 Å². The van der Waals surface area contributed by atoms with Crippen LogP contribution in [0.2, 0.25) is 0 Å². The van der Waals surface area contributed by atoms with Crippen molar-refractivity contribution in [2.75, 3.05) is 12.9 Å². The van der Waals surface area contributed by atoms with Crippen LogP contribution in [-0.4, -0.2) is 42.6 Å². The molecule has 1 aromatic carbocycles. The molecule has 1 rings (SSSR count). The highest BCUT2D eigenvalue weighted by molar-refractivity contribution is 7.99. The van der Waals surface area contributed by atoms with Crippen molar-refractivity contribution >= 4 is 27.5 Å². The van der Waals surface area contributed by atoms with Gasteiger partial charge in [-0.2, -0.15) is 11.8 Å². The first kappa shape index (κ1) is 17.9. The molecule has 0 aliphatic carbocycles. The van der Waals surface area contributed by atoms with Gasteiger partial charge in [-0.1, -0.05) is 6.07 Å². The maximum absolute atomic E-state index is 12.3. The van der Waals surface area contributed by atoms with Crippen molar-refractivity contribution in [3.05, 3.63) is 33.9 Å². The molecule has 0 aliphatic heterocycles. The molecule has 9 heteroatoms. The highest BCUT2D eigenvalue weighted by Gasteiger charge is 2.25. The molecule has 0 bridgehead atoms. The molecule has 7 nitrogen and oxygen atoms in total. The molecule has 118 valence electrons. The van der Waals surface area contributed by atoms with Crippen molar-refractivity contribution in [2.24, 2.45) is 0 Å². The summed E-state index contributed by atoms with van der Waals surface area (Å²) in [4.78, 5) is 10.0. The lowest BCUT2D eigenvalue weighted by atomic mass is 10.2. The van der Waals surface area contributed by atoms with Crippen LogP contribution in [0.25, 0.3) is 0 Å². The Morgan fingerprint density at radius 1 is 1.48 bits per heavy atom. The van der Waals surface area contributed by atoms with Gasteiger partial charge in [0.25, 0.3) is 5.69 Å². The van der Waals surface area contributed by atoms with Crippen LogP contribution < -0.4 is 4.72 Å². The first-order valence-electron chi connectivity index (χ1n) is 6.14. The van der Waals surface area contributed by atoms with E-state index in [1.165, 1.54) is 23.9 Å². The number of nitro benzene ring substituents is 1. The molecule has 0 radical (unpaired) electrons.